The number of nitrogens with one attached hydrogen (secondary N) is 1. The van der Waals surface area contributed by atoms with E-state index in [1.807, 2.05) is 4.90 Å². The number of rotatable bonds is 6. The maximum Gasteiger partial charge on any atom is 0.416 e. The maximum absolute atomic E-state index is 13.5. The van der Waals surface area contributed by atoms with Crippen LogP contribution in [0, 0.1) is 0 Å². The van der Waals surface area contributed by atoms with Crippen molar-refractivity contribution in [1.82, 2.24) is 9.97 Å². The second kappa shape index (κ2) is 10.3. The van der Waals surface area contributed by atoms with Crippen molar-refractivity contribution in [2.45, 2.75) is 24.7 Å². The number of pyridine rings is 2. The smallest absolute Gasteiger partial charge is 0.416 e. The van der Waals surface area contributed by atoms with Crippen LogP contribution in [0.1, 0.15) is 12.0 Å². The Morgan fingerprint density at radius 2 is 2.08 bits per heavy atom. The molecular formula is C25H23ClF3N5O4. The number of aromatic nitrogens is 2. The number of amides is 2. The van der Waals surface area contributed by atoms with Gasteiger partial charge in [0.05, 0.1) is 34.6 Å². The molecular weight excluding hydrogens is 527 g/mol. The van der Waals surface area contributed by atoms with E-state index < -0.39 is 30.5 Å². The van der Waals surface area contributed by atoms with Gasteiger partial charge in [0.15, 0.2) is 5.82 Å². The van der Waals surface area contributed by atoms with Gasteiger partial charge in [-0.25, -0.2) is 14.8 Å². The van der Waals surface area contributed by atoms with E-state index >= 15 is 0 Å². The molecule has 1 aromatic carbocycles. The largest absolute Gasteiger partial charge is 0.475 e. The van der Waals surface area contributed by atoms with Crippen molar-refractivity contribution < 1.29 is 32.9 Å². The Bertz CT molecular complexity index is 1360. The van der Waals surface area contributed by atoms with Gasteiger partial charge in [-0.1, -0.05) is 23.7 Å². The number of urea groups is 1. The minimum absolute atomic E-state index is 0.137. The third-order valence-corrected chi connectivity index (χ3v) is 6.62. The van der Waals surface area contributed by atoms with Crippen LogP contribution in [0.2, 0.25) is 5.02 Å². The molecule has 9 nitrogen and oxygen atoms in total. The van der Waals surface area contributed by atoms with E-state index in [2.05, 4.69) is 15.3 Å². The van der Waals surface area contributed by atoms with Crippen molar-refractivity contribution in [2.75, 3.05) is 41.4 Å². The topological polar surface area (TPSA) is 111 Å². The van der Waals surface area contributed by atoms with Crippen LogP contribution in [0.5, 0.6) is 5.88 Å². The van der Waals surface area contributed by atoms with E-state index in [1.54, 1.807) is 12.1 Å². The second-order valence-corrected chi connectivity index (χ2v) is 9.37. The Balaban J connectivity index is 1.46. The molecule has 2 aromatic heterocycles. The van der Waals surface area contributed by atoms with Gasteiger partial charge in [0, 0.05) is 36.6 Å². The lowest BCUT2D eigenvalue weighted by Gasteiger charge is -2.36. The lowest BCUT2D eigenvalue weighted by Crippen LogP contribution is -2.48. The standard InChI is InChI=1S/C25H23ClF3N5O4/c26-19-10-20-23(32-22(19)14-2-1-3-15(8-14)25(27,28)29)34(17-5-7-33(20)11-17)24(37)31-16-4-6-30-21(9-16)38-13-18(36)12-35/h1-4,6,8-10,17-18,35-36H,5,7,11-13H2,(H,30,31,37)/t17-,18?/m0/s1. The van der Waals surface area contributed by atoms with Crippen molar-refractivity contribution in [3.8, 4) is 17.1 Å². The van der Waals surface area contributed by atoms with Gasteiger partial charge < -0.3 is 25.2 Å². The van der Waals surface area contributed by atoms with Crippen LogP contribution in [-0.4, -0.2) is 64.7 Å². The number of alkyl halides is 3. The van der Waals surface area contributed by atoms with E-state index in [0.29, 0.717) is 36.7 Å². The Kier molecular flexibility index (Phi) is 7.03. The highest BCUT2D eigenvalue weighted by Crippen LogP contribution is 2.43. The first-order valence-corrected chi connectivity index (χ1v) is 12.1. The van der Waals surface area contributed by atoms with E-state index in [4.69, 9.17) is 21.4 Å². The molecule has 38 heavy (non-hydrogen) atoms. The molecule has 1 fully saturated rings. The van der Waals surface area contributed by atoms with E-state index in [1.165, 1.54) is 29.3 Å². The van der Waals surface area contributed by atoms with Gasteiger partial charge in [-0.3, -0.25) is 4.90 Å². The van der Waals surface area contributed by atoms with Crippen LogP contribution in [0.3, 0.4) is 0 Å². The third kappa shape index (κ3) is 5.19. The zero-order chi connectivity index (χ0) is 27.0. The van der Waals surface area contributed by atoms with Gasteiger partial charge in [-0.2, -0.15) is 13.2 Å². The molecule has 4 heterocycles. The van der Waals surface area contributed by atoms with Gasteiger partial charge in [-0.05, 0) is 30.7 Å². The molecule has 2 bridgehead atoms. The molecule has 1 saturated heterocycles. The molecule has 1 unspecified atom stereocenters. The molecule has 0 radical (unpaired) electrons. The summed E-state index contributed by atoms with van der Waals surface area (Å²) < 4.78 is 45.3. The first-order valence-electron chi connectivity index (χ1n) is 11.7. The highest BCUT2D eigenvalue weighted by Gasteiger charge is 2.41. The summed E-state index contributed by atoms with van der Waals surface area (Å²) in [5.41, 5.74) is 0.478. The van der Waals surface area contributed by atoms with E-state index in [9.17, 15) is 23.1 Å². The number of aliphatic hydroxyl groups excluding tert-OH is 2. The molecule has 2 aliphatic rings. The summed E-state index contributed by atoms with van der Waals surface area (Å²) in [6, 6.07) is 8.69. The summed E-state index contributed by atoms with van der Waals surface area (Å²) in [5, 5.41) is 21.4. The summed E-state index contributed by atoms with van der Waals surface area (Å²) in [5.74, 6) is 0.433. The van der Waals surface area contributed by atoms with E-state index in [0.717, 1.165) is 12.1 Å². The number of fused-ring (bicyclic) bond motifs is 4. The number of halogens is 4. The minimum Gasteiger partial charge on any atom is -0.475 e. The monoisotopic (exact) mass is 549 g/mol. The number of hydrogen-bond donors (Lipinski definition) is 3. The van der Waals surface area contributed by atoms with Crippen molar-refractivity contribution in [3.05, 3.63) is 59.2 Å². The fourth-order valence-corrected chi connectivity index (χ4v) is 4.77. The molecule has 0 spiro atoms. The Morgan fingerprint density at radius 1 is 1.26 bits per heavy atom. The number of ether oxygens (including phenoxy) is 1. The molecule has 3 aromatic rings. The van der Waals surface area contributed by atoms with Crippen LogP contribution < -0.4 is 19.9 Å². The number of benzene rings is 1. The van der Waals surface area contributed by atoms with Crippen LogP contribution in [-0.2, 0) is 6.18 Å². The number of nitrogens with zero attached hydrogens (tertiary/aromatic N) is 4. The second-order valence-electron chi connectivity index (χ2n) is 8.96. The van der Waals surface area contributed by atoms with Crippen LogP contribution >= 0.6 is 11.6 Å². The highest BCUT2D eigenvalue weighted by atomic mass is 35.5. The zero-order valence-electron chi connectivity index (χ0n) is 19.8. The lowest BCUT2D eigenvalue weighted by atomic mass is 10.1. The number of aliphatic hydroxyl groups is 2. The molecule has 3 N–H and O–H groups in total. The molecule has 2 amide bonds. The Hall–Kier alpha value is -3.61. The summed E-state index contributed by atoms with van der Waals surface area (Å²) in [6.07, 6.45) is -3.52. The van der Waals surface area contributed by atoms with Crippen molar-refractivity contribution in [2.24, 2.45) is 0 Å². The number of carbonyl (C=O) groups excluding carboxylic acids is 1. The van der Waals surface area contributed by atoms with Crippen molar-refractivity contribution >= 4 is 34.8 Å². The van der Waals surface area contributed by atoms with Crippen LogP contribution in [0.15, 0.2) is 48.7 Å². The quantitative estimate of drug-likeness (QED) is 0.423. The lowest BCUT2D eigenvalue weighted by molar-refractivity contribution is -0.137. The molecule has 200 valence electrons. The summed E-state index contributed by atoms with van der Waals surface area (Å²) in [4.78, 5) is 25.7. The minimum atomic E-state index is -4.53. The summed E-state index contributed by atoms with van der Waals surface area (Å²) in [7, 11) is 0. The van der Waals surface area contributed by atoms with Gasteiger partial charge in [0.2, 0.25) is 5.88 Å². The number of carbonyl (C=O) groups is 1. The van der Waals surface area contributed by atoms with Gasteiger partial charge in [0.1, 0.15) is 12.7 Å². The maximum atomic E-state index is 13.5. The third-order valence-electron chi connectivity index (χ3n) is 6.34. The fraction of sp³-hybridized carbons (Fsp3) is 0.320. The first-order chi connectivity index (χ1) is 18.1. The number of hydrogen-bond acceptors (Lipinski definition) is 7. The normalized spacial score (nSPS) is 17.3. The Morgan fingerprint density at radius 3 is 2.84 bits per heavy atom. The average Bonchev–Trinajstić information content (AvgIpc) is 3.31. The van der Waals surface area contributed by atoms with Gasteiger partial charge in [0.25, 0.3) is 0 Å². The van der Waals surface area contributed by atoms with Crippen molar-refractivity contribution in [3.63, 3.8) is 0 Å². The molecule has 2 atom stereocenters. The highest BCUT2D eigenvalue weighted by molar-refractivity contribution is 6.33. The number of anilines is 3. The van der Waals surface area contributed by atoms with Crippen molar-refractivity contribution in [1.29, 1.82) is 0 Å². The Labute approximate surface area is 220 Å². The molecule has 0 aliphatic carbocycles. The van der Waals surface area contributed by atoms with E-state index in [-0.39, 0.29) is 34.8 Å². The summed E-state index contributed by atoms with van der Waals surface area (Å²) >= 11 is 6.49. The zero-order valence-corrected chi connectivity index (χ0v) is 20.6. The molecule has 2 aliphatic heterocycles. The molecule has 0 saturated carbocycles. The molecule has 13 heteroatoms. The van der Waals surface area contributed by atoms with Crippen LogP contribution in [0.25, 0.3) is 11.3 Å². The average molecular weight is 550 g/mol. The fourth-order valence-electron chi connectivity index (χ4n) is 4.52. The predicted octanol–water partition coefficient (Wildman–Crippen LogP) is 4.18. The van der Waals surface area contributed by atoms with Gasteiger partial charge in [-0.15, -0.1) is 0 Å². The van der Waals surface area contributed by atoms with Crippen LogP contribution in [0.4, 0.5) is 35.2 Å². The SMILES string of the molecule is O=C(Nc1ccnc(OCC(O)CO)c1)N1c2nc(-c3cccc(C(F)(F)F)c3)c(Cl)cc2N2CC[C@H]1C2. The summed E-state index contributed by atoms with van der Waals surface area (Å²) in [6.45, 7) is 0.581. The predicted molar refractivity (Wildman–Crippen MR) is 135 cm³/mol. The van der Waals surface area contributed by atoms with Gasteiger partial charge >= 0.3 is 12.2 Å². The molecule has 5 rings (SSSR count). The first kappa shape index (κ1) is 26.0.